The molecule has 3 aromatic rings. The highest BCUT2D eigenvalue weighted by Gasteiger charge is 2.27. The molecule has 4 rings (SSSR count). The van der Waals surface area contributed by atoms with E-state index in [2.05, 4.69) is 50.4 Å². The summed E-state index contributed by atoms with van der Waals surface area (Å²) in [5.41, 5.74) is 2.46. The van der Waals surface area contributed by atoms with Crippen LogP contribution in [0.5, 0.6) is 0 Å². The molecule has 6 nitrogen and oxygen atoms in total. The van der Waals surface area contributed by atoms with E-state index in [-0.39, 0.29) is 0 Å². The largest absolute Gasteiger partial charge is 0.377 e. The molecule has 1 unspecified atom stereocenters. The normalized spacial score (nSPS) is 19.1. The van der Waals surface area contributed by atoms with Gasteiger partial charge in [0.2, 0.25) is 5.89 Å². The van der Waals surface area contributed by atoms with E-state index in [4.69, 9.17) is 9.26 Å². The first-order valence-electron chi connectivity index (χ1n) is 8.45. The van der Waals surface area contributed by atoms with Gasteiger partial charge in [0.15, 0.2) is 5.82 Å². The van der Waals surface area contributed by atoms with E-state index in [9.17, 15) is 0 Å². The molecular formula is C18H22N4O2. The van der Waals surface area contributed by atoms with Crippen molar-refractivity contribution in [1.29, 1.82) is 0 Å². The van der Waals surface area contributed by atoms with Gasteiger partial charge in [0.1, 0.15) is 6.61 Å². The van der Waals surface area contributed by atoms with Crippen LogP contribution in [-0.4, -0.2) is 33.7 Å². The zero-order chi connectivity index (χ0) is 16.4. The molecule has 1 aliphatic rings. The number of nitrogens with zero attached hydrogens (tertiary/aromatic N) is 3. The van der Waals surface area contributed by atoms with Crippen molar-refractivity contribution in [2.75, 3.05) is 13.7 Å². The van der Waals surface area contributed by atoms with Crippen LogP contribution in [0, 0.1) is 0 Å². The summed E-state index contributed by atoms with van der Waals surface area (Å²) in [4.78, 5) is 10.4. The molecule has 3 heterocycles. The average Bonchev–Trinajstić information content (AvgIpc) is 3.22. The number of ether oxygens (including phenoxy) is 1. The Bertz CT molecular complexity index is 777. The summed E-state index contributed by atoms with van der Waals surface area (Å²) >= 11 is 0. The average molecular weight is 326 g/mol. The van der Waals surface area contributed by atoms with Gasteiger partial charge in [0.25, 0.3) is 0 Å². The van der Waals surface area contributed by atoms with Crippen LogP contribution in [0.3, 0.4) is 0 Å². The van der Waals surface area contributed by atoms with E-state index < -0.39 is 0 Å². The number of aromatic nitrogens is 3. The second-order valence-corrected chi connectivity index (χ2v) is 6.33. The SMILES string of the molecule is COCc1noc(CN2CCCCC2c2cc3ccccc3[nH]2)n1. The number of aromatic amines is 1. The van der Waals surface area contributed by atoms with Crippen molar-refractivity contribution in [3.05, 3.63) is 47.7 Å². The highest BCUT2D eigenvalue weighted by atomic mass is 16.5. The van der Waals surface area contributed by atoms with E-state index in [1.54, 1.807) is 7.11 Å². The Morgan fingerprint density at radius 3 is 3.12 bits per heavy atom. The number of hydrogen-bond donors (Lipinski definition) is 1. The van der Waals surface area contributed by atoms with Crippen molar-refractivity contribution < 1.29 is 9.26 Å². The minimum Gasteiger partial charge on any atom is -0.377 e. The molecule has 6 heteroatoms. The molecular weight excluding hydrogens is 304 g/mol. The van der Waals surface area contributed by atoms with Gasteiger partial charge >= 0.3 is 0 Å². The smallest absolute Gasteiger partial charge is 0.240 e. The Labute approximate surface area is 140 Å². The molecule has 0 radical (unpaired) electrons. The lowest BCUT2D eigenvalue weighted by Gasteiger charge is -2.34. The summed E-state index contributed by atoms with van der Waals surface area (Å²) < 4.78 is 10.4. The topological polar surface area (TPSA) is 67.2 Å². The lowest BCUT2D eigenvalue weighted by atomic mass is 9.99. The molecule has 1 fully saturated rings. The zero-order valence-electron chi connectivity index (χ0n) is 13.9. The van der Waals surface area contributed by atoms with Crippen LogP contribution >= 0.6 is 0 Å². The van der Waals surface area contributed by atoms with Crippen molar-refractivity contribution in [2.45, 2.75) is 38.5 Å². The third-order valence-corrected chi connectivity index (χ3v) is 4.65. The van der Waals surface area contributed by atoms with Gasteiger partial charge in [-0.15, -0.1) is 0 Å². The molecule has 24 heavy (non-hydrogen) atoms. The van der Waals surface area contributed by atoms with Gasteiger partial charge in [-0.2, -0.15) is 4.98 Å². The fraction of sp³-hybridized carbons (Fsp3) is 0.444. The molecule has 0 aliphatic carbocycles. The van der Waals surface area contributed by atoms with E-state index in [0.29, 0.717) is 30.9 Å². The van der Waals surface area contributed by atoms with Crippen LogP contribution in [0.1, 0.15) is 42.7 Å². The summed E-state index contributed by atoms with van der Waals surface area (Å²) in [5, 5.41) is 5.22. The van der Waals surface area contributed by atoms with Crippen LogP contribution in [-0.2, 0) is 17.9 Å². The summed E-state index contributed by atoms with van der Waals surface area (Å²) in [5.74, 6) is 1.26. The van der Waals surface area contributed by atoms with Crippen LogP contribution in [0.25, 0.3) is 10.9 Å². The minimum atomic E-state index is 0.365. The highest BCUT2D eigenvalue weighted by Crippen LogP contribution is 2.33. The summed E-state index contributed by atoms with van der Waals surface area (Å²) in [6.45, 7) is 2.10. The Kier molecular flexibility index (Phi) is 4.32. The number of nitrogens with one attached hydrogen (secondary N) is 1. The molecule has 1 atom stereocenters. The van der Waals surface area contributed by atoms with Crippen molar-refractivity contribution in [2.24, 2.45) is 0 Å². The Hall–Kier alpha value is -2.18. The third-order valence-electron chi connectivity index (χ3n) is 4.65. The summed E-state index contributed by atoms with van der Waals surface area (Å²) in [6, 6.07) is 11.1. The Morgan fingerprint density at radius 1 is 1.33 bits per heavy atom. The third kappa shape index (κ3) is 3.07. The lowest BCUT2D eigenvalue weighted by molar-refractivity contribution is 0.121. The second-order valence-electron chi connectivity index (χ2n) is 6.33. The fourth-order valence-corrected chi connectivity index (χ4v) is 3.52. The number of para-hydroxylation sites is 1. The standard InChI is InChI=1S/C18H22N4O2/c1-23-12-17-20-18(24-21-17)11-22-9-5-4-8-16(22)15-10-13-6-2-3-7-14(13)19-15/h2-3,6-7,10,16,19H,4-5,8-9,11-12H2,1H3. The maximum absolute atomic E-state index is 5.37. The molecule has 0 spiro atoms. The first kappa shape index (κ1) is 15.4. The molecule has 1 N–H and O–H groups in total. The lowest BCUT2D eigenvalue weighted by Crippen LogP contribution is -2.33. The number of hydrogen-bond acceptors (Lipinski definition) is 5. The van der Waals surface area contributed by atoms with Gasteiger partial charge in [-0.3, -0.25) is 4.90 Å². The molecule has 1 aliphatic heterocycles. The van der Waals surface area contributed by atoms with E-state index in [1.165, 1.54) is 29.4 Å². The van der Waals surface area contributed by atoms with Crippen molar-refractivity contribution in [3.63, 3.8) is 0 Å². The van der Waals surface area contributed by atoms with E-state index >= 15 is 0 Å². The molecule has 1 aromatic carbocycles. The molecule has 1 saturated heterocycles. The first-order chi connectivity index (χ1) is 11.8. The fourth-order valence-electron chi connectivity index (χ4n) is 3.52. The van der Waals surface area contributed by atoms with Gasteiger partial charge in [-0.1, -0.05) is 29.8 Å². The molecule has 0 bridgehead atoms. The Morgan fingerprint density at radius 2 is 2.25 bits per heavy atom. The number of H-pyrrole nitrogens is 1. The van der Waals surface area contributed by atoms with E-state index in [0.717, 1.165) is 13.0 Å². The van der Waals surface area contributed by atoms with Gasteiger partial charge in [-0.25, -0.2) is 0 Å². The van der Waals surface area contributed by atoms with Gasteiger partial charge < -0.3 is 14.2 Å². The first-order valence-corrected chi connectivity index (χ1v) is 8.45. The number of benzene rings is 1. The number of rotatable bonds is 5. The summed E-state index contributed by atoms with van der Waals surface area (Å²) in [6.07, 6.45) is 3.59. The van der Waals surface area contributed by atoms with Crippen LogP contribution in [0.15, 0.2) is 34.9 Å². The molecule has 0 amide bonds. The number of methoxy groups -OCH3 is 1. The number of piperidine rings is 1. The molecule has 2 aromatic heterocycles. The quantitative estimate of drug-likeness (QED) is 0.778. The monoisotopic (exact) mass is 326 g/mol. The number of likely N-dealkylation sites (tertiary alicyclic amines) is 1. The predicted molar refractivity (Wildman–Crippen MR) is 90.3 cm³/mol. The minimum absolute atomic E-state index is 0.365. The van der Waals surface area contributed by atoms with E-state index in [1.807, 2.05) is 0 Å². The Balaban J connectivity index is 1.55. The second kappa shape index (κ2) is 6.75. The van der Waals surface area contributed by atoms with Crippen LogP contribution in [0.4, 0.5) is 0 Å². The highest BCUT2D eigenvalue weighted by molar-refractivity contribution is 5.80. The van der Waals surface area contributed by atoms with Crippen molar-refractivity contribution in [1.82, 2.24) is 20.0 Å². The zero-order valence-corrected chi connectivity index (χ0v) is 13.9. The van der Waals surface area contributed by atoms with Crippen molar-refractivity contribution in [3.8, 4) is 0 Å². The summed E-state index contributed by atoms with van der Waals surface area (Å²) in [7, 11) is 1.63. The number of fused-ring (bicyclic) bond motifs is 1. The van der Waals surface area contributed by atoms with Gasteiger partial charge in [0.05, 0.1) is 12.6 Å². The van der Waals surface area contributed by atoms with Crippen LogP contribution < -0.4 is 0 Å². The van der Waals surface area contributed by atoms with Gasteiger partial charge in [0, 0.05) is 18.3 Å². The maximum Gasteiger partial charge on any atom is 0.240 e. The molecule has 0 saturated carbocycles. The van der Waals surface area contributed by atoms with Crippen LogP contribution in [0.2, 0.25) is 0 Å². The van der Waals surface area contributed by atoms with Gasteiger partial charge in [-0.05, 0) is 36.9 Å². The maximum atomic E-state index is 5.37. The van der Waals surface area contributed by atoms with Crippen molar-refractivity contribution >= 4 is 10.9 Å². The predicted octanol–water partition coefficient (Wildman–Crippen LogP) is 3.42. The molecule has 126 valence electrons.